The van der Waals surface area contributed by atoms with Crippen LogP contribution in [0.4, 0.5) is 11.4 Å². The molecule has 0 atom stereocenters. The van der Waals surface area contributed by atoms with E-state index in [-0.39, 0.29) is 0 Å². The largest absolute Gasteiger partial charge is 0.397 e. The third kappa shape index (κ3) is 1.57. The number of fused-ring (bicyclic) bond motifs is 1. The summed E-state index contributed by atoms with van der Waals surface area (Å²) in [6.07, 6.45) is 3.66. The van der Waals surface area contributed by atoms with Gasteiger partial charge in [-0.2, -0.15) is 0 Å². The van der Waals surface area contributed by atoms with Crippen LogP contribution < -0.4 is 10.6 Å². The molecule has 0 saturated heterocycles. The van der Waals surface area contributed by atoms with Crippen LogP contribution in [0.1, 0.15) is 25.3 Å². The standard InChI is InChI=1S/C12H18N2/c1-2-3-8-14-9-7-10-5-4-6-11(13)12(10)14/h4-6H,2-3,7-9,13H2,1H3. The smallest absolute Gasteiger partial charge is 0.0633 e. The first-order valence-corrected chi connectivity index (χ1v) is 5.45. The van der Waals surface area contributed by atoms with E-state index in [0.717, 1.165) is 25.2 Å². The van der Waals surface area contributed by atoms with Gasteiger partial charge < -0.3 is 10.6 Å². The second-order valence-corrected chi connectivity index (χ2v) is 3.95. The van der Waals surface area contributed by atoms with E-state index in [4.69, 9.17) is 5.73 Å². The van der Waals surface area contributed by atoms with Gasteiger partial charge in [-0.15, -0.1) is 0 Å². The highest BCUT2D eigenvalue weighted by Crippen LogP contribution is 2.33. The normalized spacial score (nSPS) is 14.5. The molecule has 0 aromatic heterocycles. The van der Waals surface area contributed by atoms with Crippen molar-refractivity contribution < 1.29 is 0 Å². The van der Waals surface area contributed by atoms with Crippen molar-refractivity contribution in [2.45, 2.75) is 26.2 Å². The molecule has 2 rings (SSSR count). The lowest BCUT2D eigenvalue weighted by atomic mass is 10.1. The lowest BCUT2D eigenvalue weighted by molar-refractivity contribution is 0.737. The SMILES string of the molecule is CCCCN1CCc2cccc(N)c21. The molecule has 1 aliphatic heterocycles. The van der Waals surface area contributed by atoms with Crippen molar-refractivity contribution in [2.75, 3.05) is 23.7 Å². The Balaban J connectivity index is 2.20. The van der Waals surface area contributed by atoms with E-state index in [1.807, 2.05) is 6.07 Å². The zero-order chi connectivity index (χ0) is 9.97. The Morgan fingerprint density at radius 2 is 2.29 bits per heavy atom. The van der Waals surface area contributed by atoms with Crippen LogP contribution in [-0.4, -0.2) is 13.1 Å². The summed E-state index contributed by atoms with van der Waals surface area (Å²) in [6.45, 7) is 4.52. The van der Waals surface area contributed by atoms with Crippen molar-refractivity contribution in [1.29, 1.82) is 0 Å². The maximum Gasteiger partial charge on any atom is 0.0633 e. The van der Waals surface area contributed by atoms with E-state index >= 15 is 0 Å². The number of anilines is 2. The number of para-hydroxylation sites is 1. The first-order valence-electron chi connectivity index (χ1n) is 5.45. The van der Waals surface area contributed by atoms with E-state index in [1.54, 1.807) is 0 Å². The summed E-state index contributed by atoms with van der Waals surface area (Å²) in [6, 6.07) is 6.25. The molecule has 14 heavy (non-hydrogen) atoms. The molecule has 1 heterocycles. The fraction of sp³-hybridized carbons (Fsp3) is 0.500. The summed E-state index contributed by atoms with van der Waals surface area (Å²) in [5.74, 6) is 0. The molecule has 76 valence electrons. The average Bonchev–Trinajstić information content (AvgIpc) is 2.59. The zero-order valence-corrected chi connectivity index (χ0v) is 8.79. The second kappa shape index (κ2) is 3.91. The summed E-state index contributed by atoms with van der Waals surface area (Å²) >= 11 is 0. The molecule has 2 nitrogen and oxygen atoms in total. The molecule has 0 saturated carbocycles. The van der Waals surface area contributed by atoms with E-state index in [0.29, 0.717) is 0 Å². The highest BCUT2D eigenvalue weighted by atomic mass is 15.2. The van der Waals surface area contributed by atoms with Gasteiger partial charge in [0.05, 0.1) is 11.4 Å². The molecule has 0 radical (unpaired) electrons. The van der Waals surface area contributed by atoms with E-state index < -0.39 is 0 Å². The Bertz CT molecular complexity index is 320. The summed E-state index contributed by atoms with van der Waals surface area (Å²) in [7, 11) is 0. The summed E-state index contributed by atoms with van der Waals surface area (Å²) in [5.41, 5.74) is 9.64. The number of nitrogen functional groups attached to an aromatic ring is 1. The molecular formula is C12H18N2. The molecule has 0 fully saturated rings. The summed E-state index contributed by atoms with van der Waals surface area (Å²) in [5, 5.41) is 0. The van der Waals surface area contributed by atoms with Crippen molar-refractivity contribution in [1.82, 2.24) is 0 Å². The Hall–Kier alpha value is -1.18. The van der Waals surface area contributed by atoms with Crippen LogP contribution >= 0.6 is 0 Å². The highest BCUT2D eigenvalue weighted by Gasteiger charge is 2.19. The van der Waals surface area contributed by atoms with Crippen molar-refractivity contribution in [3.05, 3.63) is 23.8 Å². The third-order valence-electron chi connectivity index (χ3n) is 2.90. The van der Waals surface area contributed by atoms with Crippen LogP contribution in [-0.2, 0) is 6.42 Å². The molecule has 0 bridgehead atoms. The van der Waals surface area contributed by atoms with Gasteiger partial charge in [0.1, 0.15) is 0 Å². The zero-order valence-electron chi connectivity index (χ0n) is 8.79. The van der Waals surface area contributed by atoms with E-state index in [1.165, 1.54) is 24.1 Å². The van der Waals surface area contributed by atoms with Crippen LogP contribution in [0.5, 0.6) is 0 Å². The van der Waals surface area contributed by atoms with Gasteiger partial charge in [-0.05, 0) is 24.5 Å². The molecule has 1 aromatic rings. The number of hydrogen-bond donors (Lipinski definition) is 1. The van der Waals surface area contributed by atoms with Crippen molar-refractivity contribution in [3.63, 3.8) is 0 Å². The van der Waals surface area contributed by atoms with E-state index in [9.17, 15) is 0 Å². The van der Waals surface area contributed by atoms with Crippen LogP contribution in [0.25, 0.3) is 0 Å². The molecule has 1 aliphatic rings. The monoisotopic (exact) mass is 190 g/mol. The minimum atomic E-state index is 0.941. The number of benzene rings is 1. The molecule has 0 amide bonds. The number of nitrogens with zero attached hydrogens (tertiary/aromatic N) is 1. The fourth-order valence-corrected chi connectivity index (χ4v) is 2.14. The van der Waals surface area contributed by atoms with Crippen LogP contribution in [0, 0.1) is 0 Å². The van der Waals surface area contributed by atoms with Gasteiger partial charge in [-0.3, -0.25) is 0 Å². The summed E-state index contributed by atoms with van der Waals surface area (Å²) < 4.78 is 0. The topological polar surface area (TPSA) is 29.3 Å². The number of rotatable bonds is 3. The maximum atomic E-state index is 5.99. The average molecular weight is 190 g/mol. The molecule has 0 unspecified atom stereocenters. The predicted octanol–water partition coefficient (Wildman–Crippen LogP) is 2.43. The number of hydrogen-bond acceptors (Lipinski definition) is 2. The van der Waals surface area contributed by atoms with Crippen molar-refractivity contribution >= 4 is 11.4 Å². The van der Waals surface area contributed by atoms with Crippen LogP contribution in [0.3, 0.4) is 0 Å². The molecule has 0 spiro atoms. The maximum absolute atomic E-state index is 5.99. The molecular weight excluding hydrogens is 172 g/mol. The highest BCUT2D eigenvalue weighted by molar-refractivity contribution is 5.74. The van der Waals surface area contributed by atoms with Crippen LogP contribution in [0.15, 0.2) is 18.2 Å². The Morgan fingerprint density at radius 3 is 3.07 bits per heavy atom. The fourth-order valence-electron chi connectivity index (χ4n) is 2.14. The van der Waals surface area contributed by atoms with Gasteiger partial charge in [0, 0.05) is 13.1 Å². The van der Waals surface area contributed by atoms with E-state index in [2.05, 4.69) is 24.0 Å². The molecule has 0 aliphatic carbocycles. The van der Waals surface area contributed by atoms with Gasteiger partial charge in [0.25, 0.3) is 0 Å². The second-order valence-electron chi connectivity index (χ2n) is 3.95. The number of unbranched alkanes of at least 4 members (excludes halogenated alkanes) is 1. The van der Waals surface area contributed by atoms with Gasteiger partial charge in [0.15, 0.2) is 0 Å². The van der Waals surface area contributed by atoms with Gasteiger partial charge >= 0.3 is 0 Å². The predicted molar refractivity (Wildman–Crippen MR) is 61.7 cm³/mol. The lowest BCUT2D eigenvalue weighted by Crippen LogP contribution is -2.22. The van der Waals surface area contributed by atoms with Crippen molar-refractivity contribution in [3.8, 4) is 0 Å². The minimum absolute atomic E-state index is 0.941. The van der Waals surface area contributed by atoms with Crippen LogP contribution in [0.2, 0.25) is 0 Å². The lowest BCUT2D eigenvalue weighted by Gasteiger charge is -2.20. The Kier molecular flexibility index (Phi) is 2.62. The van der Waals surface area contributed by atoms with Gasteiger partial charge in [-0.1, -0.05) is 25.5 Å². The van der Waals surface area contributed by atoms with Gasteiger partial charge in [-0.25, -0.2) is 0 Å². The number of nitrogens with two attached hydrogens (primary N) is 1. The molecule has 1 aromatic carbocycles. The quantitative estimate of drug-likeness (QED) is 0.742. The van der Waals surface area contributed by atoms with Crippen molar-refractivity contribution in [2.24, 2.45) is 0 Å². The molecule has 2 heteroatoms. The Morgan fingerprint density at radius 1 is 1.43 bits per heavy atom. The first-order chi connectivity index (χ1) is 6.83. The first kappa shape index (κ1) is 9.38. The Labute approximate surface area is 85.7 Å². The van der Waals surface area contributed by atoms with Gasteiger partial charge in [0.2, 0.25) is 0 Å². The third-order valence-corrected chi connectivity index (χ3v) is 2.90. The molecule has 2 N–H and O–H groups in total. The minimum Gasteiger partial charge on any atom is -0.397 e. The summed E-state index contributed by atoms with van der Waals surface area (Å²) in [4.78, 5) is 2.42.